The van der Waals surface area contributed by atoms with Gasteiger partial charge in [-0.25, -0.2) is 0 Å². The zero-order valence-electron chi connectivity index (χ0n) is 11.9. The summed E-state index contributed by atoms with van der Waals surface area (Å²) in [6.07, 6.45) is 1.57. The fraction of sp³-hybridized carbons (Fsp3) is 0.353. The fourth-order valence-corrected chi connectivity index (χ4v) is 2.36. The molecule has 0 heterocycles. The molecule has 0 aliphatic heterocycles. The van der Waals surface area contributed by atoms with Crippen molar-refractivity contribution in [3.05, 3.63) is 48.0 Å². The number of aliphatic hydroxyl groups excluding tert-OH is 1. The van der Waals surface area contributed by atoms with Crippen molar-refractivity contribution in [2.75, 3.05) is 13.1 Å². The lowest BCUT2D eigenvalue weighted by molar-refractivity contribution is -0.120. The molecule has 0 spiro atoms. The van der Waals surface area contributed by atoms with Crippen LogP contribution in [0.4, 0.5) is 0 Å². The maximum absolute atomic E-state index is 11.5. The lowest BCUT2D eigenvalue weighted by Gasteiger charge is -2.13. The first-order valence-corrected chi connectivity index (χ1v) is 7.39. The van der Waals surface area contributed by atoms with Gasteiger partial charge >= 0.3 is 0 Å². The van der Waals surface area contributed by atoms with Crippen molar-refractivity contribution >= 4 is 16.7 Å². The monoisotopic (exact) mass is 284 g/mol. The minimum Gasteiger partial charge on any atom is -0.387 e. The van der Waals surface area contributed by atoms with E-state index in [9.17, 15) is 9.90 Å². The molecule has 1 aliphatic rings. The predicted molar refractivity (Wildman–Crippen MR) is 82.9 cm³/mol. The lowest BCUT2D eigenvalue weighted by Crippen LogP contribution is -2.36. The topological polar surface area (TPSA) is 61.4 Å². The minimum absolute atomic E-state index is 0.00297. The lowest BCUT2D eigenvalue weighted by atomic mass is 10.0. The Bertz CT molecular complexity index is 637. The Morgan fingerprint density at radius 2 is 1.95 bits per heavy atom. The molecule has 3 rings (SSSR count). The van der Waals surface area contributed by atoms with E-state index in [-0.39, 0.29) is 12.5 Å². The number of nitrogens with one attached hydrogen (secondary N) is 2. The van der Waals surface area contributed by atoms with E-state index in [4.69, 9.17) is 0 Å². The molecular formula is C17H20N2O2. The van der Waals surface area contributed by atoms with Gasteiger partial charge in [0.25, 0.3) is 0 Å². The van der Waals surface area contributed by atoms with Crippen molar-refractivity contribution in [3.63, 3.8) is 0 Å². The quantitative estimate of drug-likeness (QED) is 0.757. The molecule has 1 aliphatic carbocycles. The molecule has 1 unspecified atom stereocenters. The van der Waals surface area contributed by atoms with E-state index in [1.54, 1.807) is 0 Å². The molecule has 3 N–H and O–H groups in total. The van der Waals surface area contributed by atoms with Crippen LogP contribution < -0.4 is 10.6 Å². The summed E-state index contributed by atoms with van der Waals surface area (Å²) < 4.78 is 0. The third kappa shape index (κ3) is 3.80. The van der Waals surface area contributed by atoms with Gasteiger partial charge in [0, 0.05) is 12.6 Å². The van der Waals surface area contributed by atoms with E-state index in [0.717, 1.165) is 29.2 Å². The molecule has 2 aromatic rings. The number of fused-ring (bicyclic) bond motifs is 1. The molecule has 1 amide bonds. The third-order valence-corrected chi connectivity index (χ3v) is 3.72. The Hall–Kier alpha value is -1.91. The Kier molecular flexibility index (Phi) is 4.18. The molecule has 0 saturated heterocycles. The zero-order valence-corrected chi connectivity index (χ0v) is 11.9. The Morgan fingerprint density at radius 1 is 1.19 bits per heavy atom. The number of aliphatic hydroxyl groups is 1. The first-order chi connectivity index (χ1) is 10.2. The molecule has 1 fully saturated rings. The van der Waals surface area contributed by atoms with Crippen LogP contribution in [0, 0.1) is 0 Å². The second kappa shape index (κ2) is 6.24. The molecule has 4 nitrogen and oxygen atoms in total. The Balaban J connectivity index is 1.53. The van der Waals surface area contributed by atoms with Gasteiger partial charge in [0.05, 0.1) is 12.6 Å². The van der Waals surface area contributed by atoms with Gasteiger partial charge in [-0.1, -0.05) is 36.4 Å². The molecule has 1 saturated carbocycles. The molecule has 0 aromatic heterocycles. The second-order valence-corrected chi connectivity index (χ2v) is 5.60. The largest absolute Gasteiger partial charge is 0.387 e. The van der Waals surface area contributed by atoms with Crippen LogP contribution in [-0.2, 0) is 4.79 Å². The highest BCUT2D eigenvalue weighted by molar-refractivity contribution is 5.83. The van der Waals surface area contributed by atoms with E-state index < -0.39 is 6.10 Å². The number of carbonyl (C=O) groups is 1. The van der Waals surface area contributed by atoms with Crippen LogP contribution >= 0.6 is 0 Å². The number of hydrogen-bond acceptors (Lipinski definition) is 3. The van der Waals surface area contributed by atoms with Crippen LogP contribution in [0.1, 0.15) is 24.5 Å². The standard InChI is InChI=1S/C17H20N2O2/c20-16(10-18-11-17(21)19-15-7-8-15)14-6-5-12-3-1-2-4-13(12)9-14/h1-6,9,15-16,18,20H,7-8,10-11H2,(H,19,21). The van der Waals surface area contributed by atoms with E-state index in [1.165, 1.54) is 0 Å². The summed E-state index contributed by atoms with van der Waals surface area (Å²) >= 11 is 0. The third-order valence-electron chi connectivity index (χ3n) is 3.72. The number of rotatable bonds is 6. The van der Waals surface area contributed by atoms with Crippen LogP contribution in [0.15, 0.2) is 42.5 Å². The predicted octanol–water partition coefficient (Wildman–Crippen LogP) is 1.74. The average molecular weight is 284 g/mol. The molecule has 110 valence electrons. The van der Waals surface area contributed by atoms with E-state index in [0.29, 0.717) is 12.6 Å². The molecule has 0 radical (unpaired) electrons. The Morgan fingerprint density at radius 3 is 2.71 bits per heavy atom. The summed E-state index contributed by atoms with van der Waals surface area (Å²) in [5.41, 5.74) is 0.865. The molecule has 1 atom stereocenters. The molecule has 4 heteroatoms. The highest BCUT2D eigenvalue weighted by Gasteiger charge is 2.22. The molecule has 21 heavy (non-hydrogen) atoms. The number of carbonyl (C=O) groups excluding carboxylic acids is 1. The van der Waals surface area contributed by atoms with E-state index in [1.807, 2.05) is 42.5 Å². The number of hydrogen-bond donors (Lipinski definition) is 3. The van der Waals surface area contributed by atoms with E-state index in [2.05, 4.69) is 10.6 Å². The highest BCUT2D eigenvalue weighted by atomic mass is 16.3. The number of amides is 1. The second-order valence-electron chi connectivity index (χ2n) is 5.60. The van der Waals surface area contributed by atoms with E-state index >= 15 is 0 Å². The van der Waals surface area contributed by atoms with Gasteiger partial charge in [-0.3, -0.25) is 4.79 Å². The van der Waals surface area contributed by atoms with Gasteiger partial charge < -0.3 is 15.7 Å². The maximum atomic E-state index is 11.5. The minimum atomic E-state index is -0.608. The first-order valence-electron chi connectivity index (χ1n) is 7.39. The van der Waals surface area contributed by atoms with Crippen molar-refractivity contribution in [3.8, 4) is 0 Å². The molecule has 2 aromatic carbocycles. The smallest absolute Gasteiger partial charge is 0.234 e. The van der Waals surface area contributed by atoms with Gasteiger partial charge in [0.2, 0.25) is 5.91 Å². The Labute approximate surface area is 124 Å². The first kappa shape index (κ1) is 14.0. The van der Waals surface area contributed by atoms with Crippen molar-refractivity contribution < 1.29 is 9.90 Å². The van der Waals surface area contributed by atoms with Gasteiger partial charge in [0.1, 0.15) is 0 Å². The summed E-state index contributed by atoms with van der Waals surface area (Å²) in [5, 5.41) is 18.4. The van der Waals surface area contributed by atoms with Crippen LogP contribution in [0.3, 0.4) is 0 Å². The summed E-state index contributed by atoms with van der Waals surface area (Å²) in [6.45, 7) is 0.623. The molecule has 0 bridgehead atoms. The van der Waals surface area contributed by atoms with Crippen LogP contribution in [0.5, 0.6) is 0 Å². The van der Waals surface area contributed by atoms with Gasteiger partial charge in [-0.2, -0.15) is 0 Å². The SMILES string of the molecule is O=C(CNCC(O)c1ccc2ccccc2c1)NC1CC1. The van der Waals surface area contributed by atoms with Crippen LogP contribution in [0.2, 0.25) is 0 Å². The highest BCUT2D eigenvalue weighted by Crippen LogP contribution is 2.20. The number of benzene rings is 2. The fourth-order valence-electron chi connectivity index (χ4n) is 2.36. The normalized spacial score (nSPS) is 15.9. The van der Waals surface area contributed by atoms with Gasteiger partial charge in [0.15, 0.2) is 0 Å². The van der Waals surface area contributed by atoms with Crippen molar-refractivity contribution in [2.24, 2.45) is 0 Å². The summed E-state index contributed by atoms with van der Waals surface area (Å²) in [7, 11) is 0. The molecular weight excluding hydrogens is 264 g/mol. The van der Waals surface area contributed by atoms with Crippen molar-refractivity contribution in [1.82, 2.24) is 10.6 Å². The van der Waals surface area contributed by atoms with Crippen molar-refractivity contribution in [2.45, 2.75) is 25.0 Å². The summed E-state index contributed by atoms with van der Waals surface area (Å²) in [5.74, 6) is 0.00297. The summed E-state index contributed by atoms with van der Waals surface area (Å²) in [6, 6.07) is 14.4. The summed E-state index contributed by atoms with van der Waals surface area (Å²) in [4.78, 5) is 11.5. The average Bonchev–Trinajstić information content (AvgIpc) is 3.30. The van der Waals surface area contributed by atoms with Crippen LogP contribution in [-0.4, -0.2) is 30.1 Å². The maximum Gasteiger partial charge on any atom is 0.234 e. The van der Waals surface area contributed by atoms with Crippen LogP contribution in [0.25, 0.3) is 10.8 Å². The van der Waals surface area contributed by atoms with Gasteiger partial charge in [-0.15, -0.1) is 0 Å². The van der Waals surface area contributed by atoms with Crippen molar-refractivity contribution in [1.29, 1.82) is 0 Å². The van der Waals surface area contributed by atoms with Gasteiger partial charge in [-0.05, 0) is 35.2 Å². The zero-order chi connectivity index (χ0) is 14.7.